The molecule has 1 aromatic rings. The molecule has 1 aromatic carbocycles. The molecule has 1 aliphatic rings. The van der Waals surface area contributed by atoms with Crippen LogP contribution in [0.5, 0.6) is 11.5 Å². The quantitative estimate of drug-likeness (QED) is 0.898. The summed E-state index contributed by atoms with van der Waals surface area (Å²) in [6.45, 7) is 3.09. The zero-order chi connectivity index (χ0) is 12.4. The molecular weight excluding hydrogens is 282 g/mol. The highest BCUT2D eigenvalue weighted by molar-refractivity contribution is 9.10. The second-order valence-corrected chi connectivity index (χ2v) is 5.64. The van der Waals surface area contributed by atoms with Crippen LogP contribution in [0.15, 0.2) is 16.6 Å². The summed E-state index contributed by atoms with van der Waals surface area (Å²) < 4.78 is 5.80. The molecular formula is C13H18BrNO2. The monoisotopic (exact) mass is 299 g/mol. The maximum atomic E-state index is 9.70. The fourth-order valence-electron chi connectivity index (χ4n) is 2.22. The average Bonchev–Trinajstić information content (AvgIpc) is 2.27. The molecule has 0 spiro atoms. The van der Waals surface area contributed by atoms with E-state index in [1.165, 1.54) is 12.8 Å². The van der Waals surface area contributed by atoms with Crippen LogP contribution < -0.4 is 10.1 Å². The molecule has 0 atom stereocenters. The molecule has 0 aromatic heterocycles. The number of nitrogens with one attached hydrogen (secondary N) is 1. The first kappa shape index (κ1) is 12.7. The summed E-state index contributed by atoms with van der Waals surface area (Å²) in [6.07, 6.45) is 2.52. The maximum absolute atomic E-state index is 9.70. The smallest absolute Gasteiger partial charge is 0.172 e. The first-order valence-electron chi connectivity index (χ1n) is 5.89. The minimum Gasteiger partial charge on any atom is -0.503 e. The predicted octanol–water partition coefficient (Wildman–Crippen LogP) is 3.05. The highest BCUT2D eigenvalue weighted by atomic mass is 79.9. The van der Waals surface area contributed by atoms with E-state index in [1.807, 2.05) is 12.1 Å². The van der Waals surface area contributed by atoms with Crippen LogP contribution in [0.2, 0.25) is 0 Å². The molecule has 2 N–H and O–H groups in total. The van der Waals surface area contributed by atoms with E-state index in [4.69, 9.17) is 4.74 Å². The van der Waals surface area contributed by atoms with Crippen LogP contribution in [0.4, 0.5) is 0 Å². The van der Waals surface area contributed by atoms with E-state index in [0.717, 1.165) is 18.0 Å². The molecule has 0 radical (unpaired) electrons. The van der Waals surface area contributed by atoms with Crippen LogP contribution in [0.1, 0.15) is 25.3 Å². The Labute approximate surface area is 110 Å². The largest absolute Gasteiger partial charge is 0.503 e. The first-order valence-corrected chi connectivity index (χ1v) is 6.68. The summed E-state index contributed by atoms with van der Waals surface area (Å²) in [5.41, 5.74) is 1.12. The Morgan fingerprint density at radius 3 is 2.76 bits per heavy atom. The predicted molar refractivity (Wildman–Crippen MR) is 71.4 cm³/mol. The Kier molecular flexibility index (Phi) is 3.94. The lowest BCUT2D eigenvalue weighted by Gasteiger charge is -2.33. The van der Waals surface area contributed by atoms with Crippen LogP contribution in [0.25, 0.3) is 0 Å². The highest BCUT2D eigenvalue weighted by Crippen LogP contribution is 2.35. The lowest BCUT2D eigenvalue weighted by atomic mass is 9.82. The van der Waals surface area contributed by atoms with Crippen molar-refractivity contribution in [3.05, 3.63) is 22.2 Å². The number of ether oxygens (including phenoxy) is 1. The summed E-state index contributed by atoms with van der Waals surface area (Å²) >= 11 is 3.33. The van der Waals surface area contributed by atoms with E-state index in [-0.39, 0.29) is 5.75 Å². The van der Waals surface area contributed by atoms with Crippen molar-refractivity contribution in [2.24, 2.45) is 5.92 Å². The van der Waals surface area contributed by atoms with Crippen molar-refractivity contribution < 1.29 is 9.84 Å². The Hall–Kier alpha value is -0.740. The molecule has 1 saturated carbocycles. The Morgan fingerprint density at radius 1 is 1.47 bits per heavy atom. The minimum absolute atomic E-state index is 0.161. The minimum atomic E-state index is 0.161. The summed E-state index contributed by atoms with van der Waals surface area (Å²) in [5.74, 6) is 1.53. The van der Waals surface area contributed by atoms with Gasteiger partial charge in [-0.3, -0.25) is 0 Å². The number of methoxy groups -OCH3 is 1. The van der Waals surface area contributed by atoms with Gasteiger partial charge in [0.15, 0.2) is 11.5 Å². The Morgan fingerprint density at radius 2 is 2.18 bits per heavy atom. The molecule has 4 heteroatoms. The molecule has 0 heterocycles. The molecule has 0 unspecified atom stereocenters. The maximum Gasteiger partial charge on any atom is 0.172 e. The van der Waals surface area contributed by atoms with E-state index < -0.39 is 0 Å². The second-order valence-electron chi connectivity index (χ2n) is 4.78. The van der Waals surface area contributed by atoms with Gasteiger partial charge in [-0.1, -0.05) is 6.92 Å². The lowest BCUT2D eigenvalue weighted by molar-refractivity contribution is 0.240. The Bertz CT molecular complexity index is 403. The molecule has 2 rings (SSSR count). The third-order valence-electron chi connectivity index (χ3n) is 3.28. The third kappa shape index (κ3) is 2.93. The molecule has 94 valence electrons. The van der Waals surface area contributed by atoms with Crippen molar-refractivity contribution in [3.8, 4) is 11.5 Å². The molecule has 1 aliphatic carbocycles. The molecule has 0 aliphatic heterocycles. The number of rotatable bonds is 4. The van der Waals surface area contributed by atoms with E-state index in [2.05, 4.69) is 28.2 Å². The normalized spacial score (nSPS) is 23.2. The molecule has 1 fully saturated rings. The average molecular weight is 300 g/mol. The fraction of sp³-hybridized carbons (Fsp3) is 0.538. The number of phenols is 1. The van der Waals surface area contributed by atoms with Gasteiger partial charge in [0.1, 0.15) is 0 Å². The van der Waals surface area contributed by atoms with Crippen LogP contribution in [0.3, 0.4) is 0 Å². The number of aromatic hydroxyl groups is 1. The van der Waals surface area contributed by atoms with Gasteiger partial charge in [-0.05, 0) is 52.4 Å². The lowest BCUT2D eigenvalue weighted by Crippen LogP contribution is -2.39. The van der Waals surface area contributed by atoms with Crippen molar-refractivity contribution >= 4 is 15.9 Å². The summed E-state index contributed by atoms with van der Waals surface area (Å²) in [5, 5.41) is 13.2. The summed E-state index contributed by atoms with van der Waals surface area (Å²) in [7, 11) is 1.56. The van der Waals surface area contributed by atoms with Crippen molar-refractivity contribution in [1.29, 1.82) is 0 Å². The van der Waals surface area contributed by atoms with E-state index in [0.29, 0.717) is 16.3 Å². The standard InChI is InChI=1S/C13H18BrNO2/c1-8-3-10(4-8)15-7-9-5-11(14)13(16)12(6-9)17-2/h5-6,8,10,15-16H,3-4,7H2,1-2H3. The van der Waals surface area contributed by atoms with E-state index in [9.17, 15) is 5.11 Å². The van der Waals surface area contributed by atoms with E-state index >= 15 is 0 Å². The van der Waals surface area contributed by atoms with Gasteiger partial charge in [0.2, 0.25) is 0 Å². The van der Waals surface area contributed by atoms with Gasteiger partial charge in [-0.25, -0.2) is 0 Å². The van der Waals surface area contributed by atoms with Crippen LogP contribution in [0, 0.1) is 5.92 Å². The zero-order valence-electron chi connectivity index (χ0n) is 10.2. The van der Waals surface area contributed by atoms with Gasteiger partial charge in [0.05, 0.1) is 11.6 Å². The third-order valence-corrected chi connectivity index (χ3v) is 3.88. The summed E-state index contributed by atoms with van der Waals surface area (Å²) in [4.78, 5) is 0. The zero-order valence-corrected chi connectivity index (χ0v) is 11.8. The van der Waals surface area contributed by atoms with Gasteiger partial charge in [0, 0.05) is 12.6 Å². The number of hydrogen-bond donors (Lipinski definition) is 2. The van der Waals surface area contributed by atoms with Crippen molar-refractivity contribution in [2.75, 3.05) is 7.11 Å². The molecule has 17 heavy (non-hydrogen) atoms. The van der Waals surface area contributed by atoms with Crippen LogP contribution >= 0.6 is 15.9 Å². The number of phenolic OH excluding ortho intramolecular Hbond substituents is 1. The van der Waals surface area contributed by atoms with E-state index in [1.54, 1.807) is 7.11 Å². The van der Waals surface area contributed by atoms with Gasteiger partial charge >= 0.3 is 0 Å². The number of hydrogen-bond acceptors (Lipinski definition) is 3. The topological polar surface area (TPSA) is 41.5 Å². The van der Waals surface area contributed by atoms with Gasteiger partial charge in [-0.15, -0.1) is 0 Å². The van der Waals surface area contributed by atoms with Crippen LogP contribution in [-0.4, -0.2) is 18.3 Å². The number of benzene rings is 1. The second kappa shape index (κ2) is 5.27. The molecule has 0 amide bonds. The SMILES string of the molecule is COc1cc(CNC2CC(C)C2)cc(Br)c1O. The fourth-order valence-corrected chi connectivity index (χ4v) is 2.71. The summed E-state index contributed by atoms with van der Waals surface area (Å²) in [6, 6.07) is 4.44. The van der Waals surface area contributed by atoms with Crippen molar-refractivity contribution in [1.82, 2.24) is 5.32 Å². The van der Waals surface area contributed by atoms with Crippen LogP contribution in [-0.2, 0) is 6.54 Å². The van der Waals surface area contributed by atoms with Gasteiger partial charge in [-0.2, -0.15) is 0 Å². The molecule has 0 saturated heterocycles. The van der Waals surface area contributed by atoms with Gasteiger partial charge in [0.25, 0.3) is 0 Å². The van der Waals surface area contributed by atoms with Crippen molar-refractivity contribution in [3.63, 3.8) is 0 Å². The molecule has 0 bridgehead atoms. The first-order chi connectivity index (χ1) is 8.10. The van der Waals surface area contributed by atoms with Gasteiger partial charge < -0.3 is 15.2 Å². The Balaban J connectivity index is 1.98. The number of halogens is 1. The highest BCUT2D eigenvalue weighted by Gasteiger charge is 2.24. The molecule has 3 nitrogen and oxygen atoms in total. The van der Waals surface area contributed by atoms with Crippen molar-refractivity contribution in [2.45, 2.75) is 32.4 Å².